The molecule has 0 fully saturated rings. The van der Waals surface area contributed by atoms with Gasteiger partial charge in [-0.3, -0.25) is 0 Å². The molecule has 0 radical (unpaired) electrons. The van der Waals surface area contributed by atoms with Gasteiger partial charge < -0.3 is 10.6 Å². The Morgan fingerprint density at radius 2 is 2.08 bits per heavy atom. The zero-order chi connectivity index (χ0) is 8.65. The first kappa shape index (κ1) is 8.74. The van der Waals surface area contributed by atoms with Gasteiger partial charge in [0, 0.05) is 6.54 Å². The van der Waals surface area contributed by atoms with Crippen molar-refractivity contribution < 1.29 is 4.84 Å². The quantitative estimate of drug-likeness (QED) is 0.410. The van der Waals surface area contributed by atoms with Crippen LogP contribution in [0.1, 0.15) is 5.56 Å². The molecule has 0 aliphatic rings. The molecule has 0 atom stereocenters. The SMILES string of the molecule is NCCO/N=C/c1ccccc1. The molecule has 0 saturated carbocycles. The lowest BCUT2D eigenvalue weighted by molar-refractivity contribution is 0.154. The normalized spacial score (nSPS) is 10.4. The molecule has 0 spiro atoms. The van der Waals surface area contributed by atoms with Crippen LogP contribution in [0, 0.1) is 0 Å². The van der Waals surface area contributed by atoms with Gasteiger partial charge in [-0.05, 0) is 5.56 Å². The first-order valence-corrected chi connectivity index (χ1v) is 3.84. The van der Waals surface area contributed by atoms with Crippen LogP contribution in [0.3, 0.4) is 0 Å². The summed E-state index contributed by atoms with van der Waals surface area (Å²) in [5.41, 5.74) is 6.23. The number of benzene rings is 1. The molecule has 0 amide bonds. The Morgan fingerprint density at radius 3 is 2.75 bits per heavy atom. The average Bonchev–Trinajstić information content (AvgIpc) is 2.14. The fourth-order valence-electron chi connectivity index (χ4n) is 0.743. The van der Waals surface area contributed by atoms with E-state index in [4.69, 9.17) is 10.6 Å². The topological polar surface area (TPSA) is 47.6 Å². The molecule has 0 saturated heterocycles. The van der Waals surface area contributed by atoms with E-state index in [2.05, 4.69) is 5.16 Å². The number of rotatable bonds is 4. The van der Waals surface area contributed by atoms with E-state index in [0.717, 1.165) is 5.56 Å². The van der Waals surface area contributed by atoms with Crippen molar-refractivity contribution in [2.24, 2.45) is 10.9 Å². The third kappa shape index (κ3) is 3.16. The Morgan fingerprint density at radius 1 is 1.33 bits per heavy atom. The van der Waals surface area contributed by atoms with E-state index in [1.165, 1.54) is 0 Å². The maximum atomic E-state index is 5.21. The van der Waals surface area contributed by atoms with Gasteiger partial charge in [-0.2, -0.15) is 0 Å². The van der Waals surface area contributed by atoms with Gasteiger partial charge in [0.15, 0.2) is 0 Å². The number of nitrogens with zero attached hydrogens (tertiary/aromatic N) is 1. The summed E-state index contributed by atoms with van der Waals surface area (Å²) < 4.78 is 0. The van der Waals surface area contributed by atoms with Crippen molar-refractivity contribution in [1.82, 2.24) is 0 Å². The molecule has 1 rings (SSSR count). The summed E-state index contributed by atoms with van der Waals surface area (Å²) in [4.78, 5) is 4.83. The van der Waals surface area contributed by atoms with Crippen LogP contribution in [0.2, 0.25) is 0 Å². The molecular weight excluding hydrogens is 152 g/mol. The van der Waals surface area contributed by atoms with Crippen LogP contribution in [0.15, 0.2) is 35.5 Å². The summed E-state index contributed by atoms with van der Waals surface area (Å²) in [6, 6.07) is 9.76. The highest BCUT2D eigenvalue weighted by atomic mass is 16.6. The molecule has 0 unspecified atom stereocenters. The van der Waals surface area contributed by atoms with Crippen molar-refractivity contribution in [3.05, 3.63) is 35.9 Å². The number of hydrogen-bond acceptors (Lipinski definition) is 3. The van der Waals surface area contributed by atoms with E-state index in [1.54, 1.807) is 6.21 Å². The zero-order valence-corrected chi connectivity index (χ0v) is 6.81. The van der Waals surface area contributed by atoms with Crippen LogP contribution in [0.25, 0.3) is 0 Å². The summed E-state index contributed by atoms with van der Waals surface area (Å²) in [5.74, 6) is 0. The van der Waals surface area contributed by atoms with E-state index in [0.29, 0.717) is 13.2 Å². The molecule has 12 heavy (non-hydrogen) atoms. The summed E-state index contributed by atoms with van der Waals surface area (Å²) in [5, 5.41) is 3.73. The number of oxime groups is 1. The lowest BCUT2D eigenvalue weighted by atomic mass is 10.2. The smallest absolute Gasteiger partial charge is 0.129 e. The maximum absolute atomic E-state index is 5.21. The summed E-state index contributed by atoms with van der Waals surface area (Å²) in [6.07, 6.45) is 1.66. The second kappa shape index (κ2) is 5.32. The fourth-order valence-corrected chi connectivity index (χ4v) is 0.743. The van der Waals surface area contributed by atoms with Gasteiger partial charge in [-0.25, -0.2) is 0 Å². The molecule has 0 aliphatic carbocycles. The largest absolute Gasteiger partial charge is 0.394 e. The Kier molecular flexibility index (Phi) is 3.88. The van der Waals surface area contributed by atoms with Gasteiger partial charge in [0.2, 0.25) is 0 Å². The second-order valence-electron chi connectivity index (χ2n) is 2.27. The van der Waals surface area contributed by atoms with Gasteiger partial charge >= 0.3 is 0 Å². The Labute approximate surface area is 71.8 Å². The van der Waals surface area contributed by atoms with Crippen molar-refractivity contribution in [2.45, 2.75) is 0 Å². The minimum absolute atomic E-state index is 0.462. The van der Waals surface area contributed by atoms with Crippen molar-refractivity contribution in [3.63, 3.8) is 0 Å². The molecule has 0 aliphatic heterocycles. The zero-order valence-electron chi connectivity index (χ0n) is 6.81. The monoisotopic (exact) mass is 164 g/mol. The first-order chi connectivity index (χ1) is 5.93. The third-order valence-corrected chi connectivity index (χ3v) is 1.29. The molecule has 0 bridgehead atoms. The van der Waals surface area contributed by atoms with Gasteiger partial charge in [0.1, 0.15) is 6.61 Å². The molecule has 2 N–H and O–H groups in total. The highest BCUT2D eigenvalue weighted by Crippen LogP contribution is 1.93. The molecule has 0 heterocycles. The van der Waals surface area contributed by atoms with Crippen molar-refractivity contribution in [3.8, 4) is 0 Å². The predicted molar refractivity (Wildman–Crippen MR) is 49.0 cm³/mol. The van der Waals surface area contributed by atoms with Gasteiger partial charge in [0.25, 0.3) is 0 Å². The van der Waals surface area contributed by atoms with Crippen LogP contribution in [-0.2, 0) is 4.84 Å². The predicted octanol–water partition coefficient (Wildman–Crippen LogP) is 0.996. The minimum atomic E-state index is 0.462. The van der Waals surface area contributed by atoms with E-state index in [1.807, 2.05) is 30.3 Å². The lowest BCUT2D eigenvalue weighted by Crippen LogP contribution is -2.05. The highest BCUT2D eigenvalue weighted by Gasteiger charge is 1.82. The number of hydrogen-bond donors (Lipinski definition) is 1. The maximum Gasteiger partial charge on any atom is 0.129 e. The van der Waals surface area contributed by atoms with E-state index in [-0.39, 0.29) is 0 Å². The minimum Gasteiger partial charge on any atom is -0.394 e. The van der Waals surface area contributed by atoms with E-state index < -0.39 is 0 Å². The van der Waals surface area contributed by atoms with Gasteiger partial charge in [-0.1, -0.05) is 35.5 Å². The van der Waals surface area contributed by atoms with Crippen molar-refractivity contribution >= 4 is 6.21 Å². The van der Waals surface area contributed by atoms with Crippen LogP contribution >= 0.6 is 0 Å². The summed E-state index contributed by atoms with van der Waals surface area (Å²) in [6.45, 7) is 0.954. The lowest BCUT2D eigenvalue weighted by Gasteiger charge is -1.93. The van der Waals surface area contributed by atoms with Crippen LogP contribution in [-0.4, -0.2) is 19.4 Å². The molecule has 1 aromatic carbocycles. The highest BCUT2D eigenvalue weighted by molar-refractivity contribution is 5.78. The van der Waals surface area contributed by atoms with Gasteiger partial charge in [0.05, 0.1) is 6.21 Å². The second-order valence-corrected chi connectivity index (χ2v) is 2.27. The average molecular weight is 164 g/mol. The Hall–Kier alpha value is -1.35. The molecule has 64 valence electrons. The third-order valence-electron chi connectivity index (χ3n) is 1.29. The van der Waals surface area contributed by atoms with Crippen molar-refractivity contribution in [2.75, 3.05) is 13.2 Å². The molecule has 0 aromatic heterocycles. The summed E-state index contributed by atoms with van der Waals surface area (Å²) >= 11 is 0. The molecular formula is C9H12N2O. The molecule has 3 nitrogen and oxygen atoms in total. The van der Waals surface area contributed by atoms with E-state index in [9.17, 15) is 0 Å². The van der Waals surface area contributed by atoms with Crippen molar-refractivity contribution in [1.29, 1.82) is 0 Å². The molecule has 1 aromatic rings. The van der Waals surface area contributed by atoms with Gasteiger partial charge in [-0.15, -0.1) is 0 Å². The number of nitrogens with two attached hydrogens (primary N) is 1. The van der Waals surface area contributed by atoms with Crippen LogP contribution in [0.5, 0.6) is 0 Å². The fraction of sp³-hybridized carbons (Fsp3) is 0.222. The standard InChI is InChI=1S/C9H12N2O/c10-6-7-12-11-8-9-4-2-1-3-5-9/h1-5,8H,6-7,10H2/b11-8+. The Balaban J connectivity index is 2.36. The molecule has 3 heteroatoms. The Bertz CT molecular complexity index is 234. The van der Waals surface area contributed by atoms with E-state index >= 15 is 0 Å². The first-order valence-electron chi connectivity index (χ1n) is 3.84. The summed E-state index contributed by atoms with van der Waals surface area (Å²) in [7, 11) is 0. The van der Waals surface area contributed by atoms with Crippen LogP contribution < -0.4 is 5.73 Å². The van der Waals surface area contributed by atoms with Crippen LogP contribution in [0.4, 0.5) is 0 Å².